The molecule has 1 aliphatic heterocycles. The molecule has 2 fully saturated rings. The largest absolute Gasteiger partial charge is 0.323 e. The summed E-state index contributed by atoms with van der Waals surface area (Å²) in [6, 6.07) is 9.66. The van der Waals surface area contributed by atoms with E-state index in [1.54, 1.807) is 4.90 Å². The van der Waals surface area contributed by atoms with Crippen LogP contribution in [0.3, 0.4) is 0 Å². The van der Waals surface area contributed by atoms with Crippen LogP contribution in [0, 0.1) is 0 Å². The molecule has 0 spiro atoms. The topological polar surface area (TPSA) is 8.88 Å². The predicted molar refractivity (Wildman–Crippen MR) is 81.5 cm³/mol. The Kier molecular flexibility index (Phi) is 4.57. The van der Waals surface area contributed by atoms with Crippen LogP contribution in [0.4, 0.5) is 0 Å². The zero-order chi connectivity index (χ0) is 13.1. The summed E-state index contributed by atoms with van der Waals surface area (Å²) in [4.78, 5) is 3.65. The molecule has 2 nitrogen and oxygen atoms in total. The van der Waals surface area contributed by atoms with Crippen LogP contribution in [0.15, 0.2) is 28.7 Å². The van der Waals surface area contributed by atoms with Crippen molar-refractivity contribution in [3.05, 3.63) is 34.3 Å². The highest BCUT2D eigenvalue weighted by Crippen LogP contribution is 2.15. The molecule has 0 atom stereocenters. The molecule has 2 aliphatic rings. The van der Waals surface area contributed by atoms with E-state index in [0.29, 0.717) is 0 Å². The first-order chi connectivity index (χ1) is 9.33. The van der Waals surface area contributed by atoms with Gasteiger partial charge in [0.1, 0.15) is 32.7 Å². The lowest BCUT2D eigenvalue weighted by Crippen LogP contribution is -3.29. The van der Waals surface area contributed by atoms with E-state index in [2.05, 4.69) is 40.2 Å². The molecule has 1 aromatic rings. The van der Waals surface area contributed by atoms with Crippen LogP contribution < -0.4 is 9.80 Å². The minimum atomic E-state index is 0.991. The Hall–Kier alpha value is -0.380. The van der Waals surface area contributed by atoms with Crippen LogP contribution in [-0.2, 0) is 6.54 Å². The number of piperazine rings is 1. The second-order valence-electron chi connectivity index (χ2n) is 6.16. The van der Waals surface area contributed by atoms with Gasteiger partial charge in [0.25, 0.3) is 0 Å². The van der Waals surface area contributed by atoms with Gasteiger partial charge in [0.15, 0.2) is 0 Å². The molecule has 1 heterocycles. The van der Waals surface area contributed by atoms with Crippen molar-refractivity contribution in [3.63, 3.8) is 0 Å². The molecule has 0 unspecified atom stereocenters. The Bertz CT molecular complexity index is 407. The fourth-order valence-corrected chi connectivity index (χ4v) is 4.18. The van der Waals surface area contributed by atoms with E-state index in [1.165, 1.54) is 68.4 Å². The highest BCUT2D eigenvalue weighted by Gasteiger charge is 2.31. The maximum Gasteiger partial charge on any atom is 0.127 e. The van der Waals surface area contributed by atoms with E-state index in [-0.39, 0.29) is 0 Å². The molecule has 2 N–H and O–H groups in total. The van der Waals surface area contributed by atoms with Crippen LogP contribution >= 0.6 is 15.9 Å². The molecule has 0 radical (unpaired) electrons. The quantitative estimate of drug-likeness (QED) is 0.809. The SMILES string of the molecule is Brc1ccccc1C[NH+]1CC[NH+](C2CCCC2)CC1. The smallest absolute Gasteiger partial charge is 0.127 e. The van der Waals surface area contributed by atoms with E-state index in [9.17, 15) is 0 Å². The van der Waals surface area contributed by atoms with Gasteiger partial charge in [0, 0.05) is 10.0 Å². The molecule has 0 bridgehead atoms. The zero-order valence-electron chi connectivity index (χ0n) is 11.6. The van der Waals surface area contributed by atoms with Crippen LogP contribution in [0.2, 0.25) is 0 Å². The fourth-order valence-electron chi connectivity index (χ4n) is 3.75. The zero-order valence-corrected chi connectivity index (χ0v) is 13.2. The average molecular weight is 325 g/mol. The van der Waals surface area contributed by atoms with Crippen molar-refractivity contribution in [1.29, 1.82) is 0 Å². The van der Waals surface area contributed by atoms with E-state index in [1.807, 2.05) is 4.90 Å². The monoisotopic (exact) mass is 324 g/mol. The van der Waals surface area contributed by atoms with Crippen LogP contribution in [0.5, 0.6) is 0 Å². The van der Waals surface area contributed by atoms with Crippen molar-refractivity contribution in [2.45, 2.75) is 38.3 Å². The van der Waals surface area contributed by atoms with Crippen molar-refractivity contribution in [1.82, 2.24) is 0 Å². The van der Waals surface area contributed by atoms with Gasteiger partial charge in [-0.15, -0.1) is 0 Å². The summed E-state index contributed by atoms with van der Waals surface area (Å²) >= 11 is 3.67. The molecule has 104 valence electrons. The predicted octanol–water partition coefficient (Wildman–Crippen LogP) is 0.675. The Morgan fingerprint density at radius 1 is 1.00 bits per heavy atom. The number of halogens is 1. The summed E-state index contributed by atoms with van der Waals surface area (Å²) < 4.78 is 1.27. The third kappa shape index (κ3) is 3.39. The van der Waals surface area contributed by atoms with Crippen molar-refractivity contribution in [2.75, 3.05) is 26.2 Å². The summed E-state index contributed by atoms with van der Waals surface area (Å²) in [5.41, 5.74) is 1.46. The van der Waals surface area contributed by atoms with Crippen LogP contribution in [0.1, 0.15) is 31.2 Å². The second kappa shape index (κ2) is 6.38. The lowest BCUT2D eigenvalue weighted by molar-refractivity contribution is -1.03. The van der Waals surface area contributed by atoms with E-state index < -0.39 is 0 Å². The summed E-state index contributed by atoms with van der Waals surface area (Å²) in [6.07, 6.45) is 5.91. The maximum absolute atomic E-state index is 3.67. The number of nitrogens with one attached hydrogen (secondary N) is 2. The third-order valence-corrected chi connectivity index (χ3v) is 5.70. The van der Waals surface area contributed by atoms with Gasteiger partial charge in [-0.2, -0.15) is 0 Å². The van der Waals surface area contributed by atoms with Gasteiger partial charge in [0.2, 0.25) is 0 Å². The molecule has 0 aromatic heterocycles. The number of rotatable bonds is 3. The normalized spacial score (nSPS) is 28.7. The molecule has 1 aliphatic carbocycles. The van der Waals surface area contributed by atoms with Gasteiger partial charge < -0.3 is 9.80 Å². The molecule has 1 aromatic carbocycles. The highest BCUT2D eigenvalue weighted by molar-refractivity contribution is 9.10. The molecule has 3 heteroatoms. The molecule has 19 heavy (non-hydrogen) atoms. The standard InChI is InChI=1S/C16H23BrN2/c17-16-8-4-1-5-14(16)13-18-9-11-19(12-10-18)15-6-2-3-7-15/h1,4-5,8,15H,2-3,6-7,9-13H2/p+2. The van der Waals surface area contributed by atoms with Gasteiger partial charge in [0.05, 0.1) is 6.04 Å². The fraction of sp³-hybridized carbons (Fsp3) is 0.625. The van der Waals surface area contributed by atoms with Crippen LogP contribution in [0.25, 0.3) is 0 Å². The van der Waals surface area contributed by atoms with Crippen LogP contribution in [-0.4, -0.2) is 32.2 Å². The maximum atomic E-state index is 3.67. The van der Waals surface area contributed by atoms with E-state index in [0.717, 1.165) is 6.04 Å². The first-order valence-corrected chi connectivity index (χ1v) is 8.54. The van der Waals surface area contributed by atoms with Crippen molar-refractivity contribution < 1.29 is 9.80 Å². The van der Waals surface area contributed by atoms with Gasteiger partial charge in [-0.3, -0.25) is 0 Å². The average Bonchev–Trinajstić information content (AvgIpc) is 2.96. The Morgan fingerprint density at radius 3 is 2.37 bits per heavy atom. The molecule has 1 saturated carbocycles. The Morgan fingerprint density at radius 2 is 1.68 bits per heavy atom. The number of hydrogen-bond acceptors (Lipinski definition) is 0. The Balaban J connectivity index is 1.51. The Labute approximate surface area is 124 Å². The molecular formula is C16H25BrN2+2. The summed E-state index contributed by atoms with van der Waals surface area (Å²) in [5.74, 6) is 0. The van der Waals surface area contributed by atoms with Crippen molar-refractivity contribution >= 4 is 15.9 Å². The van der Waals surface area contributed by atoms with Crippen molar-refractivity contribution in [2.24, 2.45) is 0 Å². The first-order valence-electron chi connectivity index (χ1n) is 7.74. The third-order valence-electron chi connectivity index (χ3n) is 4.93. The molecule has 3 rings (SSSR count). The van der Waals surface area contributed by atoms with Gasteiger partial charge in [-0.25, -0.2) is 0 Å². The second-order valence-corrected chi connectivity index (χ2v) is 7.01. The molecule has 1 saturated heterocycles. The summed E-state index contributed by atoms with van der Waals surface area (Å²) in [6.45, 7) is 6.62. The minimum Gasteiger partial charge on any atom is -0.323 e. The molecular weight excluding hydrogens is 300 g/mol. The number of benzene rings is 1. The molecule has 0 amide bonds. The lowest BCUT2D eigenvalue weighted by atomic mass is 10.1. The van der Waals surface area contributed by atoms with Gasteiger partial charge in [-0.05, 0) is 31.7 Å². The number of hydrogen-bond donors (Lipinski definition) is 2. The summed E-state index contributed by atoms with van der Waals surface area (Å²) in [5, 5.41) is 0. The first kappa shape index (κ1) is 13.6. The van der Waals surface area contributed by atoms with Gasteiger partial charge in [-0.1, -0.05) is 34.1 Å². The number of quaternary nitrogens is 2. The van der Waals surface area contributed by atoms with Gasteiger partial charge >= 0.3 is 0 Å². The summed E-state index contributed by atoms with van der Waals surface area (Å²) in [7, 11) is 0. The minimum absolute atomic E-state index is 0.991. The van der Waals surface area contributed by atoms with E-state index >= 15 is 0 Å². The van der Waals surface area contributed by atoms with Crippen molar-refractivity contribution in [3.8, 4) is 0 Å². The highest BCUT2D eigenvalue weighted by atomic mass is 79.9. The van der Waals surface area contributed by atoms with E-state index in [4.69, 9.17) is 0 Å². The lowest BCUT2D eigenvalue weighted by Gasteiger charge is -2.33.